The lowest BCUT2D eigenvalue weighted by Crippen LogP contribution is -2.42. The van der Waals surface area contributed by atoms with Crippen LogP contribution in [0.1, 0.15) is 17.8 Å². The van der Waals surface area contributed by atoms with Crippen LogP contribution >= 0.6 is 0 Å². The van der Waals surface area contributed by atoms with Crippen LogP contribution in [0.2, 0.25) is 0 Å². The molecule has 0 bridgehead atoms. The molecule has 7 nitrogen and oxygen atoms in total. The zero-order valence-corrected chi connectivity index (χ0v) is 14.3. The van der Waals surface area contributed by atoms with Crippen LogP contribution in [0.3, 0.4) is 0 Å². The highest BCUT2D eigenvalue weighted by atomic mass is 16.7. The highest BCUT2D eigenvalue weighted by Crippen LogP contribution is 2.36. The fraction of sp³-hybridized carbons (Fsp3) is 0.471. The number of aryl methyl sites for hydroxylation is 1. The summed E-state index contributed by atoms with van der Waals surface area (Å²) in [6.45, 7) is 3.01. The molecule has 1 atom stereocenters. The first-order valence-corrected chi connectivity index (χ1v) is 8.01. The lowest BCUT2D eigenvalue weighted by Gasteiger charge is -2.34. The summed E-state index contributed by atoms with van der Waals surface area (Å²) < 4.78 is 13.0. The van der Waals surface area contributed by atoms with E-state index < -0.39 is 5.54 Å². The molecule has 1 aliphatic rings. The summed E-state index contributed by atoms with van der Waals surface area (Å²) in [7, 11) is 4.11. The lowest BCUT2D eigenvalue weighted by atomic mass is 9.85. The summed E-state index contributed by atoms with van der Waals surface area (Å²) >= 11 is 0. The first-order valence-electron chi connectivity index (χ1n) is 8.01. The van der Waals surface area contributed by atoms with Gasteiger partial charge in [0.1, 0.15) is 17.6 Å². The molecule has 0 radical (unpaired) electrons. The lowest BCUT2D eigenvalue weighted by molar-refractivity contribution is 0.0482. The Balaban J connectivity index is 2.06. The van der Waals surface area contributed by atoms with Crippen molar-refractivity contribution in [3.63, 3.8) is 0 Å². The third-order valence-corrected chi connectivity index (χ3v) is 4.27. The van der Waals surface area contributed by atoms with Gasteiger partial charge in [-0.2, -0.15) is 0 Å². The van der Waals surface area contributed by atoms with E-state index in [1.54, 1.807) is 6.26 Å². The highest BCUT2D eigenvalue weighted by Gasteiger charge is 2.42. The Kier molecular flexibility index (Phi) is 4.80. The zero-order valence-electron chi connectivity index (χ0n) is 14.3. The molecule has 0 N–H and O–H groups in total. The van der Waals surface area contributed by atoms with Gasteiger partial charge in [0.05, 0.1) is 0 Å². The van der Waals surface area contributed by atoms with Crippen molar-refractivity contribution >= 4 is 0 Å². The summed E-state index contributed by atoms with van der Waals surface area (Å²) in [4.78, 5) is 2.15. The molecule has 3 rings (SSSR count). The average molecular weight is 329 g/mol. The first-order chi connectivity index (χ1) is 11.6. The number of tetrazole rings is 1. The number of hydrogen-bond donors (Lipinski definition) is 0. The van der Waals surface area contributed by atoms with Crippen molar-refractivity contribution in [3.05, 3.63) is 53.7 Å². The van der Waals surface area contributed by atoms with Gasteiger partial charge in [0, 0.05) is 13.0 Å². The molecule has 2 aromatic rings. The Morgan fingerprint density at radius 1 is 1.25 bits per heavy atom. The third kappa shape index (κ3) is 3.26. The van der Waals surface area contributed by atoms with Gasteiger partial charge in [0.2, 0.25) is 6.79 Å². The predicted molar refractivity (Wildman–Crippen MR) is 89.0 cm³/mol. The Hall–Kier alpha value is -2.41. The number of benzene rings is 1. The summed E-state index contributed by atoms with van der Waals surface area (Å²) in [6.07, 6.45) is 3.22. The fourth-order valence-electron chi connectivity index (χ4n) is 3.04. The maximum absolute atomic E-state index is 5.81. The molecule has 0 amide bonds. The van der Waals surface area contributed by atoms with Gasteiger partial charge in [0.25, 0.3) is 0 Å². The number of allylic oxidation sites excluding steroid dienone is 1. The number of hydrogen-bond acceptors (Lipinski definition) is 6. The molecule has 0 aliphatic carbocycles. The summed E-state index contributed by atoms with van der Waals surface area (Å²) in [5, 5.41) is 12.2. The molecule has 1 unspecified atom stereocenters. The standard InChI is InChI=1S/C17H23N5O2/c1-14-18-19-20-22(14)17(9-10-21(2)3,16-12-23-13-24-16)11-15-7-5-4-6-8-15/h4-8,12H,9-11,13H2,1-3H3. The summed E-state index contributed by atoms with van der Waals surface area (Å²) in [5.74, 6) is 1.52. The minimum atomic E-state index is -0.518. The maximum Gasteiger partial charge on any atom is 0.229 e. The minimum Gasteiger partial charge on any atom is -0.462 e. The molecule has 0 saturated heterocycles. The second-order valence-electron chi connectivity index (χ2n) is 6.30. The van der Waals surface area contributed by atoms with Crippen molar-refractivity contribution in [2.75, 3.05) is 27.4 Å². The second-order valence-corrected chi connectivity index (χ2v) is 6.30. The molecule has 0 spiro atoms. The topological polar surface area (TPSA) is 65.3 Å². The van der Waals surface area contributed by atoms with Gasteiger partial charge < -0.3 is 14.4 Å². The van der Waals surface area contributed by atoms with Crippen molar-refractivity contribution in [1.82, 2.24) is 25.1 Å². The van der Waals surface area contributed by atoms with Gasteiger partial charge in [-0.1, -0.05) is 30.3 Å². The maximum atomic E-state index is 5.81. The molecule has 24 heavy (non-hydrogen) atoms. The Morgan fingerprint density at radius 3 is 2.62 bits per heavy atom. The van der Waals surface area contributed by atoms with E-state index in [9.17, 15) is 0 Å². The largest absolute Gasteiger partial charge is 0.462 e. The van der Waals surface area contributed by atoms with Crippen molar-refractivity contribution < 1.29 is 9.47 Å². The monoisotopic (exact) mass is 329 g/mol. The molecule has 2 heterocycles. The van der Waals surface area contributed by atoms with Crippen molar-refractivity contribution in [2.45, 2.75) is 25.3 Å². The number of rotatable bonds is 7. The van der Waals surface area contributed by atoms with E-state index in [4.69, 9.17) is 9.47 Å². The summed E-state index contributed by atoms with van der Waals surface area (Å²) in [5.41, 5.74) is 0.679. The van der Waals surface area contributed by atoms with Crippen LogP contribution in [-0.2, 0) is 21.4 Å². The Labute approximate surface area is 141 Å². The molecule has 1 aromatic carbocycles. The fourth-order valence-corrected chi connectivity index (χ4v) is 3.04. The van der Waals surface area contributed by atoms with Crippen LogP contribution < -0.4 is 0 Å². The van der Waals surface area contributed by atoms with E-state index in [0.29, 0.717) is 0 Å². The smallest absolute Gasteiger partial charge is 0.229 e. The van der Waals surface area contributed by atoms with Crippen LogP contribution in [0, 0.1) is 6.92 Å². The molecule has 1 aliphatic heterocycles. The highest BCUT2D eigenvalue weighted by molar-refractivity contribution is 5.23. The van der Waals surface area contributed by atoms with E-state index in [-0.39, 0.29) is 6.79 Å². The van der Waals surface area contributed by atoms with Crippen molar-refractivity contribution in [3.8, 4) is 0 Å². The number of nitrogens with zero attached hydrogens (tertiary/aromatic N) is 5. The minimum absolute atomic E-state index is 0.231. The molecule has 0 saturated carbocycles. The molecule has 1 aromatic heterocycles. The van der Waals surface area contributed by atoms with Gasteiger partial charge >= 0.3 is 0 Å². The van der Waals surface area contributed by atoms with E-state index >= 15 is 0 Å². The van der Waals surface area contributed by atoms with Crippen molar-refractivity contribution in [1.29, 1.82) is 0 Å². The molecular weight excluding hydrogens is 306 g/mol. The molecular formula is C17H23N5O2. The van der Waals surface area contributed by atoms with Gasteiger partial charge in [-0.3, -0.25) is 0 Å². The molecule has 7 heteroatoms. The van der Waals surface area contributed by atoms with E-state index in [0.717, 1.165) is 31.0 Å². The van der Waals surface area contributed by atoms with Crippen LogP contribution in [0.15, 0.2) is 42.4 Å². The zero-order chi connectivity index (χ0) is 17.0. The molecule has 128 valence electrons. The van der Waals surface area contributed by atoms with E-state index in [1.165, 1.54) is 5.56 Å². The molecule has 0 fully saturated rings. The summed E-state index contributed by atoms with van der Waals surface area (Å²) in [6, 6.07) is 10.3. The predicted octanol–water partition coefficient (Wildman–Crippen LogP) is 1.72. The van der Waals surface area contributed by atoms with Crippen LogP contribution in [-0.4, -0.2) is 52.5 Å². The number of ether oxygens (including phenoxy) is 2. The van der Waals surface area contributed by atoms with E-state index in [1.807, 2.05) is 29.8 Å². The third-order valence-electron chi connectivity index (χ3n) is 4.27. The van der Waals surface area contributed by atoms with Crippen molar-refractivity contribution in [2.24, 2.45) is 0 Å². The van der Waals surface area contributed by atoms with Gasteiger partial charge in [0.15, 0.2) is 5.76 Å². The van der Waals surface area contributed by atoms with Crippen LogP contribution in [0.5, 0.6) is 0 Å². The average Bonchev–Trinajstić information content (AvgIpc) is 3.24. The normalized spacial score (nSPS) is 16.4. The van der Waals surface area contributed by atoms with Crippen LogP contribution in [0.4, 0.5) is 0 Å². The Morgan fingerprint density at radius 2 is 2.04 bits per heavy atom. The number of aromatic nitrogens is 4. The van der Waals surface area contributed by atoms with Gasteiger partial charge in [-0.25, -0.2) is 4.68 Å². The van der Waals surface area contributed by atoms with Crippen LogP contribution in [0.25, 0.3) is 0 Å². The van der Waals surface area contributed by atoms with Gasteiger partial charge in [-0.05, 0) is 43.4 Å². The van der Waals surface area contributed by atoms with Gasteiger partial charge in [-0.15, -0.1) is 5.10 Å². The first kappa shape index (κ1) is 16.4. The second kappa shape index (κ2) is 7.00. The van der Waals surface area contributed by atoms with E-state index in [2.05, 4.69) is 46.7 Å². The quantitative estimate of drug-likeness (QED) is 0.770. The Bertz CT molecular complexity index is 698. The SMILES string of the molecule is Cc1nnnn1C(CCN(C)C)(Cc1ccccc1)C1=COCO1.